The number of aliphatic hydroxyl groups is 1. The van der Waals surface area contributed by atoms with Gasteiger partial charge >= 0.3 is 12.3 Å². The van der Waals surface area contributed by atoms with E-state index in [4.69, 9.17) is 14.3 Å². The Balaban J connectivity index is 1.62. The second-order valence-electron chi connectivity index (χ2n) is 11.0. The monoisotopic (exact) mass is 767 g/mol. The molecule has 2 amide bonds. The Hall–Kier alpha value is -4.35. The van der Waals surface area contributed by atoms with Crippen molar-refractivity contribution >= 4 is 54.9 Å². The van der Waals surface area contributed by atoms with Crippen LogP contribution >= 0.6 is 22.7 Å². The van der Waals surface area contributed by atoms with Crippen molar-refractivity contribution in [3.8, 4) is 0 Å². The van der Waals surface area contributed by atoms with Gasteiger partial charge in [0, 0.05) is 31.3 Å². The van der Waals surface area contributed by atoms with Crippen LogP contribution in [0.5, 0.6) is 0 Å². The zero-order chi connectivity index (χ0) is 42.8. The molecule has 2 aromatic heterocycles. The average molecular weight is 768 g/mol. The number of rotatable bonds is 13. The van der Waals surface area contributed by atoms with E-state index >= 15 is 13.2 Å². The maximum Gasteiger partial charge on any atom is 0.413 e. The van der Waals surface area contributed by atoms with Gasteiger partial charge in [0.1, 0.15) is 6.04 Å². The van der Waals surface area contributed by atoms with Crippen LogP contribution in [0.1, 0.15) is 62.2 Å². The predicted octanol–water partition coefficient (Wildman–Crippen LogP) is 6.77. The molecule has 0 radical (unpaired) electrons. The van der Waals surface area contributed by atoms with Gasteiger partial charge in [0.15, 0.2) is 6.04 Å². The number of nitrogens with one attached hydrogen (secondary N) is 2. The number of halogens is 3. The minimum Gasteiger partial charge on any atom is -0.453 e. The third-order valence-corrected chi connectivity index (χ3v) is 11.7. The first-order chi connectivity index (χ1) is 27.1. The Morgan fingerprint density at radius 3 is 2.18 bits per heavy atom. The van der Waals surface area contributed by atoms with Crippen LogP contribution in [0.15, 0.2) is 101 Å². The molecule has 0 bridgehead atoms. The third kappa shape index (κ3) is 8.42. The molecule has 270 valence electrons. The molecule has 0 aliphatic heterocycles. The highest BCUT2D eigenvalue weighted by Gasteiger charge is 2.46. The molecule has 0 unspecified atom stereocenters. The number of carbonyl (C=O) groups excluding carboxylic acids is 2. The van der Waals surface area contributed by atoms with Gasteiger partial charge in [0.05, 0.1) is 40.4 Å². The smallest absolute Gasteiger partial charge is 0.413 e. The summed E-state index contributed by atoms with van der Waals surface area (Å²) in [5.74, 6) is -2.38. The van der Waals surface area contributed by atoms with Gasteiger partial charge in [-0.05, 0) is 55.2 Å². The third-order valence-electron chi connectivity index (χ3n) is 7.80. The van der Waals surface area contributed by atoms with Crippen LogP contribution in [-0.2, 0) is 19.6 Å². The quantitative estimate of drug-likeness (QED) is 0.120. The Morgan fingerprint density at radius 1 is 0.980 bits per heavy atom. The minimum absolute atomic E-state index is 0.183. The van der Waals surface area contributed by atoms with Gasteiger partial charge in [0.25, 0.3) is 0 Å². The number of fused-ring (bicyclic) bond motifs is 1. The number of carbonyl (C=O) groups is 2. The summed E-state index contributed by atoms with van der Waals surface area (Å²) in [6.45, 7) is -9.24. The van der Waals surface area contributed by atoms with Crippen molar-refractivity contribution in [3.63, 3.8) is 0 Å². The molecular formula is C35H35F3N4O6S3. The number of benzene rings is 3. The predicted molar refractivity (Wildman–Crippen MR) is 189 cm³/mol. The van der Waals surface area contributed by atoms with Crippen molar-refractivity contribution in [3.05, 3.63) is 117 Å². The summed E-state index contributed by atoms with van der Waals surface area (Å²) in [5, 5.41) is 15.0. The molecule has 3 N–H and O–H groups in total. The molecule has 5 aromatic rings. The van der Waals surface area contributed by atoms with Gasteiger partial charge in [-0.1, -0.05) is 60.7 Å². The molecule has 51 heavy (non-hydrogen) atoms. The molecule has 0 fully saturated rings. The highest BCUT2D eigenvalue weighted by atomic mass is 32.2. The Morgan fingerprint density at radius 2 is 1.61 bits per heavy atom. The minimum atomic E-state index is -5.39. The topological polar surface area (TPSA) is 138 Å². The number of ether oxygens (including phenoxy) is 1. The van der Waals surface area contributed by atoms with Crippen LogP contribution in [0.2, 0.25) is 0 Å². The molecule has 0 aliphatic carbocycles. The van der Waals surface area contributed by atoms with Crippen molar-refractivity contribution in [2.24, 2.45) is 0 Å². The molecule has 0 saturated carbocycles. The van der Waals surface area contributed by atoms with Crippen molar-refractivity contribution in [1.29, 1.82) is 0 Å². The Labute approximate surface area is 310 Å². The number of alkyl halides is 3. The van der Waals surface area contributed by atoms with E-state index in [1.165, 1.54) is 11.6 Å². The van der Waals surface area contributed by atoms with Gasteiger partial charge in [-0.15, -0.1) is 22.7 Å². The number of methoxy groups -OCH3 is 1. The van der Waals surface area contributed by atoms with Crippen molar-refractivity contribution in [1.82, 2.24) is 19.9 Å². The fraction of sp³-hybridized carbons (Fsp3) is 0.286. The van der Waals surface area contributed by atoms with Gasteiger partial charge < -0.3 is 20.5 Å². The van der Waals surface area contributed by atoms with E-state index in [0.29, 0.717) is 16.6 Å². The summed E-state index contributed by atoms with van der Waals surface area (Å²) < 4.78 is 136. The SMILES string of the molecule is [2H]C([2H])([2H])C([2H])(N([C@H](CO)c1ccc([C@@H](NC(=O)[C@@H](NC(=O)OC)C(c2ccccc2)c2ccccc2)C(F)(F)F)s1)S(=O)(=O)c1ccc2ncsc2c1)C([2H])([2H])[2H]. The summed E-state index contributed by atoms with van der Waals surface area (Å²) >= 11 is 1.18. The van der Waals surface area contributed by atoms with Gasteiger partial charge in [-0.2, -0.15) is 17.5 Å². The molecule has 3 aromatic carbocycles. The van der Waals surface area contributed by atoms with Crippen molar-refractivity contribution in [2.45, 2.75) is 54.8 Å². The van der Waals surface area contributed by atoms with E-state index in [1.807, 2.05) is 5.32 Å². The van der Waals surface area contributed by atoms with E-state index in [2.05, 4.69) is 10.3 Å². The number of alkyl carbamates (subject to hydrolysis) is 1. The number of amides is 2. The molecule has 0 spiro atoms. The molecule has 16 heteroatoms. The zero-order valence-corrected chi connectivity index (χ0v) is 28.9. The van der Waals surface area contributed by atoms with E-state index in [0.717, 1.165) is 42.7 Å². The first-order valence-electron chi connectivity index (χ1n) is 18.5. The Bertz CT molecular complexity index is 2280. The fourth-order valence-corrected chi connectivity index (χ4v) is 8.98. The lowest BCUT2D eigenvalue weighted by Gasteiger charge is -2.32. The number of aromatic nitrogens is 1. The highest BCUT2D eigenvalue weighted by Crippen LogP contribution is 2.41. The average Bonchev–Trinajstić information content (AvgIpc) is 3.84. The molecular weight excluding hydrogens is 726 g/mol. The number of hydrogen-bond donors (Lipinski definition) is 3. The second-order valence-corrected chi connectivity index (χ2v) is 14.8. The lowest BCUT2D eigenvalue weighted by molar-refractivity contribution is -0.163. The standard InChI is InChI=1S/C35H35F3N4O6S3/c1-21(2)42(51(46,47)24-14-15-25-29(18-24)49-20-39-25)26(19-43)27-16-17-28(50-27)32(35(36,37)38)41-33(44)31(40-34(45)48-3)30(22-10-6-4-7-11-22)23-12-8-5-9-13-23/h4-18,20-21,26,30-32,43H,19H2,1-3H3,(H,40,45)(H,41,44)/t26-,31+,32-/m1/s1/i1D3,2D3,21D. The first-order valence-corrected chi connectivity index (χ1v) is 18.1. The number of nitrogens with zero attached hydrogens (tertiary/aromatic N) is 2. The fourth-order valence-electron chi connectivity index (χ4n) is 5.47. The number of thiazole rings is 1. The Kier molecular flexibility index (Phi) is 9.12. The molecule has 5 rings (SSSR count). The number of aliphatic hydroxyl groups excluding tert-OH is 1. The molecule has 0 aliphatic rings. The lowest BCUT2D eigenvalue weighted by atomic mass is 9.84. The van der Waals surface area contributed by atoms with Crippen LogP contribution in [-0.4, -0.2) is 66.8 Å². The zero-order valence-electron chi connectivity index (χ0n) is 33.5. The van der Waals surface area contributed by atoms with Gasteiger partial charge in [-0.25, -0.2) is 18.2 Å². The number of hydrogen-bond acceptors (Lipinski definition) is 9. The van der Waals surface area contributed by atoms with Crippen molar-refractivity contribution < 1.29 is 50.6 Å². The van der Waals surface area contributed by atoms with Crippen LogP contribution in [0.4, 0.5) is 18.0 Å². The summed E-state index contributed by atoms with van der Waals surface area (Å²) in [5.41, 5.74) is 2.60. The largest absolute Gasteiger partial charge is 0.453 e. The van der Waals surface area contributed by atoms with Crippen LogP contribution in [0.3, 0.4) is 0 Å². The first kappa shape index (κ1) is 29.3. The molecule has 3 atom stereocenters. The molecule has 2 heterocycles. The lowest BCUT2D eigenvalue weighted by Crippen LogP contribution is -2.52. The van der Waals surface area contributed by atoms with Crippen LogP contribution in [0, 0.1) is 0 Å². The van der Waals surface area contributed by atoms with Crippen LogP contribution in [0.25, 0.3) is 10.2 Å². The van der Waals surface area contributed by atoms with Gasteiger partial charge in [0.2, 0.25) is 15.9 Å². The normalized spacial score (nSPS) is 16.8. The maximum absolute atomic E-state index is 15.0. The number of thiophene rings is 1. The second kappa shape index (κ2) is 15.9. The van der Waals surface area contributed by atoms with E-state index < -0.39 is 93.2 Å². The van der Waals surface area contributed by atoms with E-state index in [-0.39, 0.29) is 20.3 Å². The molecule has 0 saturated heterocycles. The summed E-state index contributed by atoms with van der Waals surface area (Å²) in [7, 11) is -4.39. The summed E-state index contributed by atoms with van der Waals surface area (Å²) in [6, 6.07) is 10.5. The van der Waals surface area contributed by atoms with Gasteiger partial charge in [-0.3, -0.25) is 4.79 Å². The summed E-state index contributed by atoms with van der Waals surface area (Å²) in [6.07, 6.45) is -6.40. The van der Waals surface area contributed by atoms with E-state index in [9.17, 15) is 23.1 Å². The van der Waals surface area contributed by atoms with E-state index in [1.54, 1.807) is 60.7 Å². The molecule has 10 nitrogen and oxygen atoms in total. The summed E-state index contributed by atoms with van der Waals surface area (Å²) in [4.78, 5) is 28.8. The van der Waals surface area contributed by atoms with Crippen molar-refractivity contribution in [2.75, 3.05) is 13.7 Å². The van der Waals surface area contributed by atoms with Crippen LogP contribution < -0.4 is 10.6 Å². The maximum atomic E-state index is 15.0. The highest BCUT2D eigenvalue weighted by molar-refractivity contribution is 7.89. The number of sulfonamides is 1.